The first-order valence-electron chi connectivity index (χ1n) is 8.30. The lowest BCUT2D eigenvalue weighted by Crippen LogP contribution is -2.47. The van der Waals surface area contributed by atoms with Crippen LogP contribution in [0.1, 0.15) is 11.1 Å². The molecule has 0 spiro atoms. The summed E-state index contributed by atoms with van der Waals surface area (Å²) >= 11 is 1.79. The molecule has 122 valence electrons. The maximum absolute atomic E-state index is 5.32. The molecule has 0 radical (unpaired) electrons. The van der Waals surface area contributed by atoms with Crippen molar-refractivity contribution in [3.05, 3.63) is 46.2 Å². The van der Waals surface area contributed by atoms with Gasteiger partial charge in [0.25, 0.3) is 0 Å². The minimum atomic E-state index is 0.643. The number of rotatable bonds is 4. The predicted octanol–water partition coefficient (Wildman–Crippen LogP) is 2.98. The lowest BCUT2D eigenvalue weighted by atomic mass is 10.1. The minimum absolute atomic E-state index is 0.643. The zero-order valence-corrected chi connectivity index (χ0v) is 14.1. The summed E-state index contributed by atoms with van der Waals surface area (Å²) in [5.41, 5.74) is 4.08. The Morgan fingerprint density at radius 1 is 1.09 bits per heavy atom. The standard InChI is InChI=1S/C18H22N2O2S/c1-2-17(16-5-12-21-22-18(16)3-1)20-10-8-19(9-11-20)7-4-15-6-13-23-14-15/h1-3,6,13-14H,4-5,7-12H2. The summed E-state index contributed by atoms with van der Waals surface area (Å²) in [6, 6.07) is 8.51. The van der Waals surface area contributed by atoms with Crippen LogP contribution in [-0.2, 0) is 17.7 Å². The van der Waals surface area contributed by atoms with Crippen LogP contribution in [0.25, 0.3) is 0 Å². The molecule has 0 N–H and O–H groups in total. The van der Waals surface area contributed by atoms with Crippen LogP contribution in [0.3, 0.4) is 0 Å². The monoisotopic (exact) mass is 330 g/mol. The van der Waals surface area contributed by atoms with Crippen molar-refractivity contribution in [2.75, 3.05) is 44.2 Å². The smallest absolute Gasteiger partial charge is 0.170 e. The van der Waals surface area contributed by atoms with Crippen LogP contribution < -0.4 is 9.79 Å². The number of benzene rings is 1. The van der Waals surface area contributed by atoms with E-state index in [1.165, 1.54) is 16.8 Å². The third kappa shape index (κ3) is 3.37. The Hall–Kier alpha value is -1.56. The van der Waals surface area contributed by atoms with Gasteiger partial charge in [-0.05, 0) is 40.9 Å². The molecule has 2 aliphatic rings. The van der Waals surface area contributed by atoms with E-state index < -0.39 is 0 Å². The Labute approximate surface area is 141 Å². The molecule has 23 heavy (non-hydrogen) atoms. The molecule has 5 heteroatoms. The van der Waals surface area contributed by atoms with Gasteiger partial charge in [-0.3, -0.25) is 4.90 Å². The van der Waals surface area contributed by atoms with E-state index in [1.54, 1.807) is 11.3 Å². The van der Waals surface area contributed by atoms with Crippen LogP contribution in [-0.4, -0.2) is 44.2 Å². The van der Waals surface area contributed by atoms with Gasteiger partial charge >= 0.3 is 0 Å². The van der Waals surface area contributed by atoms with Crippen molar-refractivity contribution in [3.8, 4) is 5.75 Å². The van der Waals surface area contributed by atoms with E-state index in [9.17, 15) is 0 Å². The van der Waals surface area contributed by atoms with Crippen LogP contribution in [0.15, 0.2) is 35.0 Å². The van der Waals surface area contributed by atoms with E-state index in [0.29, 0.717) is 6.61 Å². The fourth-order valence-electron chi connectivity index (χ4n) is 3.36. The SMILES string of the molecule is c1cc2c(c(N3CCN(CCc4ccsc4)CC3)c1)CCOO2. The minimum Gasteiger partial charge on any atom is -0.369 e. The second kappa shape index (κ2) is 6.91. The van der Waals surface area contributed by atoms with E-state index in [2.05, 4.69) is 38.8 Å². The number of fused-ring (bicyclic) bond motifs is 1. The quantitative estimate of drug-likeness (QED) is 0.805. The third-order valence-electron chi connectivity index (χ3n) is 4.70. The highest BCUT2D eigenvalue weighted by Gasteiger charge is 2.22. The van der Waals surface area contributed by atoms with Crippen LogP contribution in [0.2, 0.25) is 0 Å². The third-order valence-corrected chi connectivity index (χ3v) is 5.43. The number of piperazine rings is 1. The zero-order valence-electron chi connectivity index (χ0n) is 13.2. The van der Waals surface area contributed by atoms with E-state index in [0.717, 1.165) is 51.3 Å². The Morgan fingerprint density at radius 3 is 2.83 bits per heavy atom. The second-order valence-electron chi connectivity index (χ2n) is 6.12. The van der Waals surface area contributed by atoms with E-state index in [1.807, 2.05) is 6.07 Å². The van der Waals surface area contributed by atoms with Gasteiger partial charge in [0.2, 0.25) is 0 Å². The molecule has 0 bridgehead atoms. The average molecular weight is 330 g/mol. The number of hydrogen-bond acceptors (Lipinski definition) is 5. The molecule has 0 atom stereocenters. The molecule has 3 heterocycles. The summed E-state index contributed by atoms with van der Waals surface area (Å²) in [6.07, 6.45) is 2.10. The van der Waals surface area contributed by atoms with Gasteiger partial charge in [-0.1, -0.05) is 6.07 Å². The molecule has 1 aromatic heterocycles. The summed E-state index contributed by atoms with van der Waals surface area (Å²) in [5, 5.41) is 4.42. The molecule has 1 aromatic carbocycles. The highest BCUT2D eigenvalue weighted by atomic mass is 32.1. The average Bonchev–Trinajstić information content (AvgIpc) is 3.14. The predicted molar refractivity (Wildman–Crippen MR) is 93.4 cm³/mol. The van der Waals surface area contributed by atoms with Gasteiger partial charge in [0.1, 0.15) is 0 Å². The summed E-state index contributed by atoms with van der Waals surface area (Å²) in [4.78, 5) is 15.5. The van der Waals surface area contributed by atoms with Crippen molar-refractivity contribution in [2.24, 2.45) is 0 Å². The molecule has 1 fully saturated rings. The highest BCUT2D eigenvalue weighted by Crippen LogP contribution is 2.33. The molecule has 4 rings (SSSR count). The van der Waals surface area contributed by atoms with Gasteiger partial charge in [-0.15, -0.1) is 0 Å². The molecule has 0 unspecified atom stereocenters. The molecule has 1 saturated heterocycles. The van der Waals surface area contributed by atoms with Crippen molar-refractivity contribution in [1.29, 1.82) is 0 Å². The summed E-state index contributed by atoms with van der Waals surface area (Å²) in [6.45, 7) is 6.23. The molecule has 4 nitrogen and oxygen atoms in total. The van der Waals surface area contributed by atoms with E-state index >= 15 is 0 Å². The lowest BCUT2D eigenvalue weighted by molar-refractivity contribution is -0.215. The topological polar surface area (TPSA) is 24.9 Å². The van der Waals surface area contributed by atoms with Crippen LogP contribution in [0.5, 0.6) is 5.75 Å². The van der Waals surface area contributed by atoms with Gasteiger partial charge < -0.3 is 9.79 Å². The van der Waals surface area contributed by atoms with E-state index in [4.69, 9.17) is 9.78 Å². The van der Waals surface area contributed by atoms with Crippen LogP contribution >= 0.6 is 11.3 Å². The molecule has 0 amide bonds. The van der Waals surface area contributed by atoms with Crippen molar-refractivity contribution in [3.63, 3.8) is 0 Å². The Balaban J connectivity index is 1.36. The van der Waals surface area contributed by atoms with E-state index in [-0.39, 0.29) is 0 Å². The Morgan fingerprint density at radius 2 is 2.00 bits per heavy atom. The molecule has 2 aliphatic heterocycles. The maximum Gasteiger partial charge on any atom is 0.170 e. The van der Waals surface area contributed by atoms with Crippen LogP contribution in [0, 0.1) is 0 Å². The van der Waals surface area contributed by atoms with Gasteiger partial charge in [0, 0.05) is 50.4 Å². The lowest BCUT2D eigenvalue weighted by Gasteiger charge is -2.37. The molecule has 0 aliphatic carbocycles. The fraction of sp³-hybridized carbons (Fsp3) is 0.444. The summed E-state index contributed by atoms with van der Waals surface area (Å²) in [5.74, 6) is 0.883. The number of hydrogen-bond donors (Lipinski definition) is 0. The normalized spacial score (nSPS) is 18.5. The first-order valence-corrected chi connectivity index (χ1v) is 9.24. The molecule has 0 saturated carbocycles. The van der Waals surface area contributed by atoms with Gasteiger partial charge in [-0.2, -0.15) is 16.2 Å². The van der Waals surface area contributed by atoms with Crippen molar-refractivity contribution in [2.45, 2.75) is 12.8 Å². The maximum atomic E-state index is 5.32. The summed E-state index contributed by atoms with van der Waals surface area (Å²) < 4.78 is 0. The first kappa shape index (κ1) is 15.0. The number of thiophene rings is 1. The second-order valence-corrected chi connectivity index (χ2v) is 6.90. The van der Waals surface area contributed by atoms with Gasteiger partial charge in [-0.25, -0.2) is 0 Å². The van der Waals surface area contributed by atoms with Crippen molar-refractivity contribution < 1.29 is 9.78 Å². The highest BCUT2D eigenvalue weighted by molar-refractivity contribution is 7.07. The first-order chi connectivity index (χ1) is 11.4. The summed E-state index contributed by atoms with van der Waals surface area (Å²) in [7, 11) is 0. The van der Waals surface area contributed by atoms with Gasteiger partial charge in [0.05, 0.1) is 6.61 Å². The zero-order chi connectivity index (χ0) is 15.5. The fourth-order valence-corrected chi connectivity index (χ4v) is 4.07. The molecule has 2 aromatic rings. The van der Waals surface area contributed by atoms with Crippen molar-refractivity contribution >= 4 is 17.0 Å². The Bertz CT molecular complexity index is 636. The number of anilines is 1. The number of nitrogens with zero attached hydrogens (tertiary/aromatic N) is 2. The van der Waals surface area contributed by atoms with Crippen LogP contribution in [0.4, 0.5) is 5.69 Å². The largest absolute Gasteiger partial charge is 0.369 e. The van der Waals surface area contributed by atoms with Crippen molar-refractivity contribution in [1.82, 2.24) is 4.90 Å². The Kier molecular flexibility index (Phi) is 4.50. The molecular weight excluding hydrogens is 308 g/mol. The van der Waals surface area contributed by atoms with Gasteiger partial charge in [0.15, 0.2) is 5.75 Å². The molecular formula is C18H22N2O2S.